The quantitative estimate of drug-likeness (QED) is 0.846. The molecule has 1 aliphatic heterocycles. The van der Waals surface area contributed by atoms with Gasteiger partial charge >= 0.3 is 5.97 Å². The lowest BCUT2D eigenvalue weighted by atomic mass is 10.2. The molecule has 0 saturated carbocycles. The summed E-state index contributed by atoms with van der Waals surface area (Å²) in [5, 5.41) is 9.46. The number of carboxylic acid groups (broad SMARTS) is 1. The Hall–Kier alpha value is -1.93. The highest BCUT2D eigenvalue weighted by Gasteiger charge is 2.34. The first kappa shape index (κ1) is 15.0. The van der Waals surface area contributed by atoms with E-state index in [1.54, 1.807) is 6.07 Å². The molecule has 2 heterocycles. The molecule has 1 aliphatic rings. The smallest absolute Gasteiger partial charge is 0.328 e. The number of benzene rings is 1. The van der Waals surface area contributed by atoms with Crippen molar-refractivity contribution >= 4 is 38.7 Å². The first-order chi connectivity index (χ1) is 10.5. The molecule has 116 valence electrons. The van der Waals surface area contributed by atoms with Gasteiger partial charge in [0.25, 0.3) is 5.91 Å². The van der Waals surface area contributed by atoms with Crippen LogP contribution in [0.25, 0.3) is 10.9 Å². The van der Waals surface area contributed by atoms with Gasteiger partial charge in [0.1, 0.15) is 11.5 Å². The van der Waals surface area contributed by atoms with E-state index in [1.165, 1.54) is 17.0 Å². The van der Waals surface area contributed by atoms with Crippen molar-refractivity contribution in [3.8, 4) is 0 Å². The lowest BCUT2D eigenvalue weighted by Crippen LogP contribution is -2.52. The topological polar surface area (TPSA) is 82.6 Å². The summed E-state index contributed by atoms with van der Waals surface area (Å²) >= 11 is 3.19. The number of H-pyrrole nitrogens is 1. The van der Waals surface area contributed by atoms with E-state index >= 15 is 0 Å². The van der Waals surface area contributed by atoms with E-state index in [9.17, 15) is 19.1 Å². The largest absolute Gasteiger partial charge is 0.480 e. The van der Waals surface area contributed by atoms with Gasteiger partial charge in [0, 0.05) is 16.4 Å². The number of aromatic nitrogens is 1. The van der Waals surface area contributed by atoms with E-state index in [-0.39, 0.29) is 30.8 Å². The molecule has 3 rings (SSSR count). The Kier molecular flexibility index (Phi) is 3.88. The molecule has 0 spiro atoms. The monoisotopic (exact) mass is 370 g/mol. The number of morpholine rings is 1. The van der Waals surface area contributed by atoms with E-state index in [0.717, 1.165) is 0 Å². The standard InChI is InChI=1S/C14H12BrFN2O4/c15-7-3-9(16)8-5-11(17-10(8)4-7)13(19)18-1-2-22-6-12(18)14(20)21/h3-5,12,17H,1-2,6H2,(H,20,21)/t12-/m1/s1. The van der Waals surface area contributed by atoms with Crippen LogP contribution in [0.4, 0.5) is 4.39 Å². The summed E-state index contributed by atoms with van der Waals surface area (Å²) < 4.78 is 19.5. The Morgan fingerprint density at radius 2 is 2.18 bits per heavy atom. The Bertz CT molecular complexity index is 761. The molecule has 0 aliphatic carbocycles. The second-order valence-corrected chi connectivity index (χ2v) is 5.88. The second-order valence-electron chi connectivity index (χ2n) is 4.96. The minimum atomic E-state index is -1.13. The van der Waals surface area contributed by atoms with Crippen LogP contribution in [0.5, 0.6) is 0 Å². The van der Waals surface area contributed by atoms with Gasteiger partial charge in [-0.3, -0.25) is 4.79 Å². The molecular weight excluding hydrogens is 359 g/mol. The van der Waals surface area contributed by atoms with Gasteiger partial charge in [-0.05, 0) is 18.2 Å². The molecule has 1 fully saturated rings. The summed E-state index contributed by atoms with van der Waals surface area (Å²) in [4.78, 5) is 27.8. The van der Waals surface area contributed by atoms with Crippen LogP contribution in [0.3, 0.4) is 0 Å². The fourth-order valence-electron chi connectivity index (χ4n) is 2.48. The van der Waals surface area contributed by atoms with Crippen molar-refractivity contribution < 1.29 is 23.8 Å². The van der Waals surface area contributed by atoms with Crippen molar-refractivity contribution in [3.05, 3.63) is 34.2 Å². The van der Waals surface area contributed by atoms with Crippen LogP contribution in [0, 0.1) is 5.82 Å². The fourth-order valence-corrected chi connectivity index (χ4v) is 2.91. The van der Waals surface area contributed by atoms with E-state index in [0.29, 0.717) is 9.99 Å². The highest BCUT2D eigenvalue weighted by Crippen LogP contribution is 2.25. The SMILES string of the molecule is O=C(O)[C@H]1COCCN1C(=O)c1cc2c(F)cc(Br)cc2[nH]1. The highest BCUT2D eigenvalue weighted by atomic mass is 79.9. The van der Waals surface area contributed by atoms with Gasteiger partial charge in [-0.15, -0.1) is 0 Å². The maximum atomic E-state index is 13.9. The molecule has 0 unspecified atom stereocenters. The zero-order valence-corrected chi connectivity index (χ0v) is 12.9. The average Bonchev–Trinajstić information content (AvgIpc) is 2.90. The fraction of sp³-hybridized carbons (Fsp3) is 0.286. The van der Waals surface area contributed by atoms with E-state index in [2.05, 4.69) is 20.9 Å². The molecule has 1 aromatic carbocycles. The molecule has 22 heavy (non-hydrogen) atoms. The predicted octanol–water partition coefficient (Wildman–Crippen LogP) is 2.00. The number of hydrogen-bond donors (Lipinski definition) is 2. The van der Waals surface area contributed by atoms with Gasteiger partial charge < -0.3 is 19.7 Å². The molecule has 8 heteroatoms. The van der Waals surface area contributed by atoms with Crippen LogP contribution in [-0.2, 0) is 9.53 Å². The molecule has 0 bridgehead atoms. The molecule has 2 N–H and O–H groups in total. The van der Waals surface area contributed by atoms with Gasteiger partial charge in [-0.1, -0.05) is 15.9 Å². The number of amides is 1. The minimum Gasteiger partial charge on any atom is -0.480 e. The number of carbonyl (C=O) groups excluding carboxylic acids is 1. The van der Waals surface area contributed by atoms with Crippen LogP contribution in [0.2, 0.25) is 0 Å². The van der Waals surface area contributed by atoms with Crippen molar-refractivity contribution in [1.82, 2.24) is 9.88 Å². The molecule has 1 saturated heterocycles. The average molecular weight is 371 g/mol. The number of aromatic amines is 1. The summed E-state index contributed by atoms with van der Waals surface area (Å²) in [6, 6.07) is 3.32. The number of carboxylic acids is 1. The normalized spacial score (nSPS) is 18.6. The molecular formula is C14H12BrFN2O4. The number of nitrogens with one attached hydrogen (secondary N) is 1. The summed E-state index contributed by atoms with van der Waals surface area (Å²) in [6.45, 7) is 0.397. The first-order valence-electron chi connectivity index (χ1n) is 6.56. The number of aliphatic carboxylic acids is 1. The Balaban J connectivity index is 1.97. The molecule has 1 amide bonds. The third-order valence-corrected chi connectivity index (χ3v) is 4.01. The Labute approximate surface area is 133 Å². The van der Waals surface area contributed by atoms with Crippen molar-refractivity contribution in [2.75, 3.05) is 19.8 Å². The number of halogens is 2. The van der Waals surface area contributed by atoms with Crippen LogP contribution in [0.1, 0.15) is 10.5 Å². The maximum Gasteiger partial charge on any atom is 0.328 e. The van der Waals surface area contributed by atoms with Crippen LogP contribution >= 0.6 is 15.9 Å². The summed E-state index contributed by atoms with van der Waals surface area (Å²) in [5.74, 6) is -2.07. The van der Waals surface area contributed by atoms with Crippen molar-refractivity contribution in [2.24, 2.45) is 0 Å². The van der Waals surface area contributed by atoms with Gasteiger partial charge in [-0.2, -0.15) is 0 Å². The van der Waals surface area contributed by atoms with Gasteiger partial charge in [0.15, 0.2) is 6.04 Å². The van der Waals surface area contributed by atoms with Crippen molar-refractivity contribution in [1.29, 1.82) is 0 Å². The summed E-state index contributed by atoms with van der Waals surface area (Å²) in [7, 11) is 0. The lowest BCUT2D eigenvalue weighted by molar-refractivity contribution is -0.147. The predicted molar refractivity (Wildman–Crippen MR) is 79.2 cm³/mol. The van der Waals surface area contributed by atoms with Crippen LogP contribution in [-0.4, -0.2) is 52.7 Å². The third-order valence-electron chi connectivity index (χ3n) is 3.56. The van der Waals surface area contributed by atoms with Crippen LogP contribution in [0.15, 0.2) is 22.7 Å². The Morgan fingerprint density at radius 1 is 1.41 bits per heavy atom. The van der Waals surface area contributed by atoms with Crippen molar-refractivity contribution in [2.45, 2.75) is 6.04 Å². The molecule has 0 radical (unpaired) electrons. The third kappa shape index (κ3) is 2.59. The number of rotatable bonds is 2. The number of fused-ring (bicyclic) bond motifs is 1. The Morgan fingerprint density at radius 3 is 2.91 bits per heavy atom. The number of carbonyl (C=O) groups is 2. The zero-order chi connectivity index (χ0) is 15.9. The minimum absolute atomic E-state index is 0.0544. The van der Waals surface area contributed by atoms with E-state index in [4.69, 9.17) is 4.74 Å². The van der Waals surface area contributed by atoms with Gasteiger partial charge in [0.05, 0.1) is 18.7 Å². The first-order valence-corrected chi connectivity index (χ1v) is 7.36. The summed E-state index contributed by atoms with van der Waals surface area (Å²) in [5.41, 5.74) is 0.621. The molecule has 2 aromatic rings. The number of ether oxygens (including phenoxy) is 1. The maximum absolute atomic E-state index is 13.9. The lowest BCUT2D eigenvalue weighted by Gasteiger charge is -2.32. The van der Waals surface area contributed by atoms with E-state index in [1.807, 2.05) is 0 Å². The van der Waals surface area contributed by atoms with Crippen LogP contribution < -0.4 is 0 Å². The van der Waals surface area contributed by atoms with Crippen molar-refractivity contribution in [3.63, 3.8) is 0 Å². The van der Waals surface area contributed by atoms with Gasteiger partial charge in [-0.25, -0.2) is 9.18 Å². The number of nitrogens with zero attached hydrogens (tertiary/aromatic N) is 1. The summed E-state index contributed by atoms with van der Waals surface area (Å²) in [6.07, 6.45) is 0. The molecule has 1 aromatic heterocycles. The zero-order valence-electron chi connectivity index (χ0n) is 11.3. The molecule has 6 nitrogen and oxygen atoms in total. The molecule has 1 atom stereocenters. The van der Waals surface area contributed by atoms with Gasteiger partial charge in [0.2, 0.25) is 0 Å². The number of hydrogen-bond acceptors (Lipinski definition) is 3. The van der Waals surface area contributed by atoms with E-state index < -0.39 is 23.7 Å². The second kappa shape index (κ2) is 5.69. The highest BCUT2D eigenvalue weighted by molar-refractivity contribution is 9.10.